The van der Waals surface area contributed by atoms with E-state index in [0.717, 1.165) is 16.5 Å². The molecule has 0 saturated carbocycles. The van der Waals surface area contributed by atoms with Gasteiger partial charge in [-0.15, -0.1) is 0 Å². The largest absolute Gasteiger partial charge is 0.480 e. The Morgan fingerprint density at radius 2 is 1.58 bits per heavy atom. The number of unbranched alkanes of at least 4 members (excludes halogenated alkanes) is 1. The lowest BCUT2D eigenvalue weighted by atomic mass is 10.0. The fourth-order valence-corrected chi connectivity index (χ4v) is 4.10. The van der Waals surface area contributed by atoms with E-state index in [0.29, 0.717) is 19.4 Å². The zero-order valence-electron chi connectivity index (χ0n) is 21.9. The first-order valence-electron chi connectivity index (χ1n) is 12.8. The van der Waals surface area contributed by atoms with Gasteiger partial charge in [-0.3, -0.25) is 14.4 Å². The van der Waals surface area contributed by atoms with E-state index in [4.69, 9.17) is 16.6 Å². The molecule has 1 aromatic heterocycles. The van der Waals surface area contributed by atoms with E-state index in [1.54, 1.807) is 6.20 Å². The summed E-state index contributed by atoms with van der Waals surface area (Å²) in [6, 6.07) is 3.19. The molecule has 4 atom stereocenters. The van der Waals surface area contributed by atoms with Crippen molar-refractivity contribution in [2.24, 2.45) is 17.4 Å². The maximum Gasteiger partial charge on any atom is 0.328 e. The second-order valence-corrected chi connectivity index (χ2v) is 9.79. The third-order valence-corrected chi connectivity index (χ3v) is 6.17. The van der Waals surface area contributed by atoms with Gasteiger partial charge in [0.1, 0.15) is 18.1 Å². The molecule has 0 aliphatic heterocycles. The van der Waals surface area contributed by atoms with Gasteiger partial charge in [0, 0.05) is 17.1 Å². The fourth-order valence-electron chi connectivity index (χ4n) is 4.10. The number of fused-ring (bicyclic) bond motifs is 1. The van der Waals surface area contributed by atoms with E-state index in [9.17, 15) is 24.3 Å². The number of carbonyl (C=O) groups excluding carboxylic acids is 3. The number of hydrogen-bond acceptors (Lipinski definition) is 7. The summed E-state index contributed by atoms with van der Waals surface area (Å²) in [5, 5.41) is 26.9. The summed E-state index contributed by atoms with van der Waals surface area (Å²) in [7, 11) is 0. The van der Waals surface area contributed by atoms with E-state index >= 15 is 0 Å². The minimum Gasteiger partial charge on any atom is -0.480 e. The summed E-state index contributed by atoms with van der Waals surface area (Å²) in [5.41, 5.74) is 13.6. The first-order valence-corrected chi connectivity index (χ1v) is 12.8. The van der Waals surface area contributed by atoms with Gasteiger partial charge >= 0.3 is 5.97 Å². The van der Waals surface area contributed by atoms with Crippen LogP contribution < -0.4 is 27.4 Å². The number of aromatic nitrogens is 1. The van der Waals surface area contributed by atoms with E-state index in [1.807, 2.05) is 38.1 Å². The van der Waals surface area contributed by atoms with Crippen LogP contribution in [0.25, 0.3) is 10.9 Å². The average Bonchev–Trinajstić information content (AvgIpc) is 3.28. The van der Waals surface area contributed by atoms with Crippen molar-refractivity contribution < 1.29 is 29.4 Å². The van der Waals surface area contributed by atoms with Crippen molar-refractivity contribution in [1.29, 1.82) is 0 Å². The number of rotatable bonds is 16. The van der Waals surface area contributed by atoms with Crippen LogP contribution >= 0.6 is 0 Å². The lowest BCUT2D eigenvalue weighted by Crippen LogP contribution is -2.57. The first-order chi connectivity index (χ1) is 18.1. The third-order valence-electron chi connectivity index (χ3n) is 6.17. The monoisotopic (exact) mass is 532 g/mol. The van der Waals surface area contributed by atoms with Gasteiger partial charge in [0.05, 0.1) is 12.6 Å². The highest BCUT2D eigenvalue weighted by Crippen LogP contribution is 2.19. The summed E-state index contributed by atoms with van der Waals surface area (Å²) >= 11 is 0. The van der Waals surface area contributed by atoms with Crippen LogP contribution in [0.2, 0.25) is 0 Å². The molecule has 2 aromatic rings. The van der Waals surface area contributed by atoms with Gasteiger partial charge in [0.25, 0.3) is 0 Å². The molecule has 0 radical (unpaired) electrons. The highest BCUT2D eigenvalue weighted by atomic mass is 16.4. The smallest absolute Gasteiger partial charge is 0.328 e. The molecule has 1 heterocycles. The Bertz CT molecular complexity index is 1090. The van der Waals surface area contributed by atoms with Crippen molar-refractivity contribution in [3.63, 3.8) is 0 Å². The van der Waals surface area contributed by atoms with Crippen molar-refractivity contribution >= 4 is 34.6 Å². The molecule has 0 fully saturated rings. The molecule has 210 valence electrons. The summed E-state index contributed by atoms with van der Waals surface area (Å²) in [5.74, 6) is -3.26. The fraction of sp³-hybridized carbons (Fsp3) is 0.538. The van der Waals surface area contributed by atoms with Crippen molar-refractivity contribution in [2.75, 3.05) is 13.2 Å². The number of carboxylic acid groups (broad SMARTS) is 1. The molecule has 0 saturated heterocycles. The van der Waals surface area contributed by atoms with Crippen LogP contribution in [-0.4, -0.2) is 76.2 Å². The molecule has 0 aliphatic carbocycles. The van der Waals surface area contributed by atoms with Crippen LogP contribution in [0.1, 0.15) is 45.1 Å². The number of para-hydroxylation sites is 1. The molecule has 1 aromatic carbocycles. The van der Waals surface area contributed by atoms with Crippen molar-refractivity contribution in [1.82, 2.24) is 20.9 Å². The van der Waals surface area contributed by atoms with Gasteiger partial charge in [-0.1, -0.05) is 32.0 Å². The number of aromatic amines is 1. The van der Waals surface area contributed by atoms with E-state index < -0.39 is 54.5 Å². The number of carbonyl (C=O) groups is 4. The molecule has 38 heavy (non-hydrogen) atoms. The van der Waals surface area contributed by atoms with Gasteiger partial charge in [-0.25, -0.2) is 4.79 Å². The Balaban J connectivity index is 2.12. The number of hydrogen-bond donors (Lipinski definition) is 8. The number of aliphatic hydroxyl groups excluding tert-OH is 1. The predicted octanol–water partition coefficient (Wildman–Crippen LogP) is -0.256. The lowest BCUT2D eigenvalue weighted by molar-refractivity contribution is -0.143. The standard InChI is InChI=1S/C26H40N6O6/c1-15(2)11-21(25(36)32-22(14-33)26(37)38)31-24(35)20(9-5-6-10-27)30-23(34)18(28)12-16-13-29-19-8-4-3-7-17(16)19/h3-4,7-8,13,15,18,20-22,29,33H,5-6,9-12,14,27-28H2,1-2H3,(H,30,34)(H,31,35)(H,32,36)(H,37,38). The second kappa shape index (κ2) is 15.1. The molecule has 12 nitrogen and oxygen atoms in total. The summed E-state index contributed by atoms with van der Waals surface area (Å²) in [6.45, 7) is 3.31. The van der Waals surface area contributed by atoms with Crippen LogP contribution in [0.15, 0.2) is 30.5 Å². The number of aliphatic hydroxyl groups is 1. The zero-order valence-corrected chi connectivity index (χ0v) is 21.9. The SMILES string of the molecule is CC(C)CC(NC(=O)C(CCCCN)NC(=O)C(N)Cc1c[nH]c2ccccc12)C(=O)NC(CO)C(=O)O. The maximum absolute atomic E-state index is 13.2. The highest BCUT2D eigenvalue weighted by molar-refractivity contribution is 5.94. The molecule has 0 aliphatic rings. The normalized spacial score (nSPS) is 14.5. The number of carboxylic acids is 1. The number of H-pyrrole nitrogens is 1. The maximum atomic E-state index is 13.2. The van der Waals surface area contributed by atoms with Gasteiger partial charge in [-0.05, 0) is 56.2 Å². The molecular weight excluding hydrogens is 492 g/mol. The molecule has 0 spiro atoms. The molecule has 2 rings (SSSR count). The van der Waals surface area contributed by atoms with E-state index in [-0.39, 0.29) is 25.2 Å². The Kier molecular flexibility index (Phi) is 12.2. The molecule has 12 heteroatoms. The topological polar surface area (TPSA) is 213 Å². The van der Waals surface area contributed by atoms with Crippen LogP contribution in [0.4, 0.5) is 0 Å². The quantitative estimate of drug-likeness (QED) is 0.135. The number of amides is 3. The predicted molar refractivity (Wildman–Crippen MR) is 143 cm³/mol. The highest BCUT2D eigenvalue weighted by Gasteiger charge is 2.30. The molecular formula is C26H40N6O6. The van der Waals surface area contributed by atoms with Crippen LogP contribution in [-0.2, 0) is 25.6 Å². The summed E-state index contributed by atoms with van der Waals surface area (Å²) in [6.07, 6.45) is 3.74. The first kappa shape index (κ1) is 30.7. The second-order valence-electron chi connectivity index (χ2n) is 9.79. The summed E-state index contributed by atoms with van der Waals surface area (Å²) < 4.78 is 0. The van der Waals surface area contributed by atoms with Crippen molar-refractivity contribution in [3.8, 4) is 0 Å². The number of nitrogens with two attached hydrogens (primary N) is 2. The lowest BCUT2D eigenvalue weighted by Gasteiger charge is -2.26. The van der Waals surface area contributed by atoms with Crippen molar-refractivity contribution in [2.45, 2.75) is 70.1 Å². The number of benzene rings is 1. The number of aliphatic carboxylic acids is 1. The Morgan fingerprint density at radius 1 is 0.947 bits per heavy atom. The van der Waals surface area contributed by atoms with Crippen LogP contribution in [0.5, 0.6) is 0 Å². The molecule has 3 amide bonds. The van der Waals surface area contributed by atoms with Crippen molar-refractivity contribution in [3.05, 3.63) is 36.0 Å². The van der Waals surface area contributed by atoms with Gasteiger partial charge in [-0.2, -0.15) is 0 Å². The Labute approximate surface area is 221 Å². The molecule has 10 N–H and O–H groups in total. The minimum atomic E-state index is -1.50. The molecule has 0 bridgehead atoms. The summed E-state index contributed by atoms with van der Waals surface area (Å²) in [4.78, 5) is 53.3. The Hall–Kier alpha value is -3.48. The van der Waals surface area contributed by atoms with E-state index in [2.05, 4.69) is 20.9 Å². The third kappa shape index (κ3) is 9.12. The molecule has 4 unspecified atom stereocenters. The Morgan fingerprint density at radius 3 is 2.21 bits per heavy atom. The minimum absolute atomic E-state index is 0.0154. The van der Waals surface area contributed by atoms with Crippen LogP contribution in [0.3, 0.4) is 0 Å². The van der Waals surface area contributed by atoms with Gasteiger partial charge in [0.15, 0.2) is 0 Å². The van der Waals surface area contributed by atoms with Gasteiger partial charge in [0.2, 0.25) is 17.7 Å². The van der Waals surface area contributed by atoms with Gasteiger partial charge < -0.3 is 42.6 Å². The number of nitrogens with one attached hydrogen (secondary N) is 4. The van der Waals surface area contributed by atoms with Crippen LogP contribution in [0, 0.1) is 5.92 Å². The average molecular weight is 533 g/mol. The zero-order chi connectivity index (χ0) is 28.2. The van der Waals surface area contributed by atoms with E-state index in [1.165, 1.54) is 0 Å².